The predicted octanol–water partition coefficient (Wildman–Crippen LogP) is 25.2. The SMILES string of the molecule is Cc1cc(C)c2c3c(sc2n1)C(NC1CCC(C(C)(F)F)CC1)=NC3.Cc1cc(C)c2c3c(sc2n1)C(NC1CCC(C)CC1)=NC3.Cc1cc(C)c2c3c(sc2n1)C(NC1CCCCC1)=NC3.Cc1ccc2c(n1)sc1c(NCCC(C)C)nn(C)c12.Cc1ccc2c(n1)sc1c(NCc3ccccc3)nn(C)c12.Cc1ccc2c(n1)sc1c(NCc3ccco3)nn(C)c12. The first-order chi connectivity index (χ1) is 63.2. The normalized spacial score (nSPS) is 17.2. The molecule has 0 amide bonds. The zero-order valence-electron chi connectivity index (χ0n) is 77.7. The Balaban J connectivity index is 0.000000106. The number of furan rings is 1. The molecule has 0 atom stereocenters. The number of halogens is 2. The number of pyridine rings is 6. The van der Waals surface area contributed by atoms with Crippen LogP contribution in [0, 0.1) is 80.1 Å². The summed E-state index contributed by atoms with van der Waals surface area (Å²) in [7, 11) is 5.95. The lowest BCUT2D eigenvalue weighted by atomic mass is 9.82. The van der Waals surface area contributed by atoms with Crippen LogP contribution in [-0.2, 0) is 53.9 Å². The van der Waals surface area contributed by atoms with E-state index in [4.69, 9.17) is 24.4 Å². The van der Waals surface area contributed by atoms with E-state index < -0.39 is 11.8 Å². The molecule has 16 aromatic heterocycles. The number of hydrogen-bond acceptors (Lipinski definition) is 25. The van der Waals surface area contributed by atoms with Gasteiger partial charge in [-0.05, 0) is 241 Å². The van der Waals surface area contributed by atoms with E-state index in [-0.39, 0.29) is 6.04 Å². The third kappa shape index (κ3) is 19.7. The molecule has 23 rings (SSSR count). The van der Waals surface area contributed by atoms with Crippen molar-refractivity contribution in [1.82, 2.24) is 75.2 Å². The fraction of sp³-hybridized carbons (Fsp3) is 0.426. The number of nitrogens with one attached hydrogen (secondary N) is 6. The summed E-state index contributed by atoms with van der Waals surface area (Å²) in [5.41, 5.74) is 19.1. The fourth-order valence-corrected chi connectivity index (χ4v) is 26.6. The van der Waals surface area contributed by atoms with Gasteiger partial charge in [-0.3, -0.25) is 29.0 Å². The zero-order chi connectivity index (χ0) is 91.2. The number of nitrogens with zero attached hydrogens (tertiary/aromatic N) is 15. The monoisotopic (exact) mass is 1870 g/mol. The van der Waals surface area contributed by atoms with Crippen molar-refractivity contribution in [1.29, 1.82) is 0 Å². The lowest BCUT2D eigenvalue weighted by molar-refractivity contribution is -0.0549. The Labute approximate surface area is 787 Å². The van der Waals surface area contributed by atoms with Gasteiger partial charge < -0.3 is 36.3 Å². The summed E-state index contributed by atoms with van der Waals surface area (Å²) in [6.07, 6.45) is 17.4. The molecule has 6 N–H and O–H groups in total. The molecule has 3 aliphatic heterocycles. The van der Waals surface area contributed by atoms with Crippen LogP contribution in [-0.4, -0.2) is 107 Å². The highest BCUT2D eigenvalue weighted by atomic mass is 32.1. The second-order valence-electron chi connectivity index (χ2n) is 36.8. The first-order valence-corrected chi connectivity index (χ1v) is 51.0. The summed E-state index contributed by atoms with van der Waals surface area (Å²) in [5, 5.41) is 42.5. The summed E-state index contributed by atoms with van der Waals surface area (Å²) in [6, 6.07) is 34.7. The molecule has 0 unspecified atom stereocenters. The van der Waals surface area contributed by atoms with Crippen LogP contribution in [0.1, 0.15) is 211 Å². The molecule has 0 saturated heterocycles. The van der Waals surface area contributed by atoms with Gasteiger partial charge in [-0.15, -0.1) is 68.0 Å². The molecule has 22 nitrogen and oxygen atoms in total. The minimum absolute atomic E-state index is 0.240. The van der Waals surface area contributed by atoms with E-state index in [1.54, 1.807) is 51.6 Å². The fourth-order valence-electron chi connectivity index (χ4n) is 19.1. The molecule has 0 spiro atoms. The first-order valence-electron chi connectivity index (χ1n) is 46.1. The Morgan fingerprint density at radius 2 is 0.809 bits per heavy atom. The van der Waals surface area contributed by atoms with Crippen molar-refractivity contribution in [3.8, 4) is 0 Å². The number of aromatic nitrogens is 12. The predicted molar refractivity (Wildman–Crippen MR) is 546 cm³/mol. The molecule has 0 radical (unpaired) electrons. The molecule has 30 heteroatoms. The van der Waals surface area contributed by atoms with Crippen LogP contribution in [0.3, 0.4) is 0 Å². The van der Waals surface area contributed by atoms with Gasteiger partial charge >= 0.3 is 0 Å². The van der Waals surface area contributed by atoms with E-state index in [1.807, 2.05) is 110 Å². The minimum atomic E-state index is -2.56. The molecule has 131 heavy (non-hydrogen) atoms. The number of anilines is 3. The smallest absolute Gasteiger partial charge is 0.248 e. The molecule has 3 fully saturated rings. The van der Waals surface area contributed by atoms with Crippen molar-refractivity contribution < 1.29 is 13.2 Å². The molecular formula is C101H117F2N21OS6. The van der Waals surface area contributed by atoms with Crippen molar-refractivity contribution >= 4 is 195 Å². The van der Waals surface area contributed by atoms with Gasteiger partial charge in [0.15, 0.2) is 17.5 Å². The average Bonchev–Trinajstić information content (AvgIpc) is 1.64. The van der Waals surface area contributed by atoms with Crippen LogP contribution in [0.5, 0.6) is 0 Å². The molecule has 17 aromatic rings. The van der Waals surface area contributed by atoms with Gasteiger partial charge in [0, 0.05) is 141 Å². The number of fused-ring (bicyclic) bond motifs is 18. The van der Waals surface area contributed by atoms with E-state index in [0.29, 0.717) is 43.9 Å². The van der Waals surface area contributed by atoms with E-state index in [2.05, 4.69) is 200 Å². The summed E-state index contributed by atoms with van der Waals surface area (Å²) in [4.78, 5) is 52.7. The Hall–Kier alpha value is -10.8. The Bertz CT molecular complexity index is 7130. The van der Waals surface area contributed by atoms with Crippen LogP contribution in [0.2, 0.25) is 0 Å². The van der Waals surface area contributed by atoms with Gasteiger partial charge in [0.1, 0.15) is 52.2 Å². The molecule has 3 saturated carbocycles. The summed E-state index contributed by atoms with van der Waals surface area (Å²) < 4.78 is 41.6. The maximum atomic E-state index is 13.5. The molecular weight excluding hydrogens is 1750 g/mol. The van der Waals surface area contributed by atoms with Crippen LogP contribution in [0.15, 0.2) is 123 Å². The maximum absolute atomic E-state index is 13.5. The van der Waals surface area contributed by atoms with Crippen molar-refractivity contribution in [2.24, 2.45) is 53.9 Å². The lowest BCUT2D eigenvalue weighted by Crippen LogP contribution is -2.40. The third-order valence-electron chi connectivity index (χ3n) is 25.9. The van der Waals surface area contributed by atoms with Crippen molar-refractivity contribution in [2.75, 3.05) is 22.5 Å². The van der Waals surface area contributed by atoms with Gasteiger partial charge in [0.2, 0.25) is 5.92 Å². The van der Waals surface area contributed by atoms with E-state index >= 15 is 0 Å². The number of aliphatic imine (C=N–C) groups is 3. The van der Waals surface area contributed by atoms with E-state index in [1.165, 1.54) is 163 Å². The number of alkyl halides is 2. The lowest BCUT2D eigenvalue weighted by Gasteiger charge is -2.32. The second kappa shape index (κ2) is 38.8. The Morgan fingerprint density at radius 1 is 0.427 bits per heavy atom. The molecule has 3 aliphatic carbocycles. The molecule has 682 valence electrons. The third-order valence-corrected chi connectivity index (χ3v) is 32.6. The topological polar surface area (TPSA) is 253 Å². The number of amidine groups is 3. The molecule has 19 heterocycles. The first kappa shape index (κ1) is 90.8. The number of hydrogen-bond donors (Lipinski definition) is 6. The number of rotatable bonds is 14. The van der Waals surface area contributed by atoms with Crippen molar-refractivity contribution in [3.05, 3.63) is 197 Å². The Morgan fingerprint density at radius 3 is 1.20 bits per heavy atom. The molecule has 1 aromatic carbocycles. The summed E-state index contributed by atoms with van der Waals surface area (Å²) in [6.45, 7) is 31.3. The number of thiophene rings is 6. The largest absolute Gasteiger partial charge is 0.467 e. The number of benzene rings is 1. The number of aryl methyl sites for hydroxylation is 12. The van der Waals surface area contributed by atoms with Crippen LogP contribution < -0.4 is 31.9 Å². The zero-order valence-corrected chi connectivity index (χ0v) is 82.6. The van der Waals surface area contributed by atoms with E-state index in [9.17, 15) is 8.78 Å². The van der Waals surface area contributed by atoms with E-state index in [0.717, 1.165) is 174 Å². The van der Waals surface area contributed by atoms with Gasteiger partial charge in [-0.2, -0.15) is 15.3 Å². The van der Waals surface area contributed by atoms with Gasteiger partial charge in [-0.25, -0.2) is 38.7 Å². The quantitative estimate of drug-likeness (QED) is 0.0592. The van der Waals surface area contributed by atoms with Crippen molar-refractivity contribution in [2.45, 2.75) is 237 Å². The highest BCUT2D eigenvalue weighted by Crippen LogP contribution is 2.45. The highest BCUT2D eigenvalue weighted by Gasteiger charge is 2.38. The second-order valence-corrected chi connectivity index (χ2v) is 42.8. The maximum Gasteiger partial charge on any atom is 0.248 e. The van der Waals surface area contributed by atoms with Crippen LogP contribution in [0.25, 0.3) is 91.9 Å². The van der Waals surface area contributed by atoms with Gasteiger partial charge in [0.05, 0.1) is 77.7 Å². The minimum Gasteiger partial charge on any atom is -0.467 e. The summed E-state index contributed by atoms with van der Waals surface area (Å²) >= 11 is 10.4. The highest BCUT2D eigenvalue weighted by molar-refractivity contribution is 7.27. The standard InChI is InChI=1S/C19H23F2N3S.C18H23N3S.C17H16N4S.C17H21N3S.C15H14N4OS.C15H20N4S/c1-10-8-11(2)23-18-15(10)14-9-22-17(16(14)25-18)24-13-6-4-12(5-7-13)19(3,20)21;1-10-4-6-13(7-5-10)21-17-16-14(9-19-17)15-11(2)8-12(3)20-18(15)22-16;1-11-8-9-13-14-15(22-17(13)19-11)16(20-21(14)2)18-10-12-6-4-3-5-7-12;1-10-8-11(2)19-17-14(10)13-9-18-16(15(13)21-17)20-12-6-4-3-5-7-12;1-9-5-6-11-12-13(21-15(11)17-9)14(18-19(12)2)16-8-10-4-3-7-20-10;1-9(2)7-8-16-14-13-12(19(4)18-14)11-6-5-10(3)17-15(11)20-13/h8,12-13H,4-7,9H2,1-3H3,(H,22,24);8,10,13H,4-7,9H2,1-3H3,(H,19,21);3-9H,10H2,1-2H3,(H,18,20);8,12H,3-7,9H2,1-2H3,(H,18,20);3-7H,8H2,1-2H3,(H,16,18);5-6,9H,7-8H2,1-4H3,(H,16,18). The molecule has 6 aliphatic rings. The van der Waals surface area contributed by atoms with Crippen molar-refractivity contribution in [3.63, 3.8) is 0 Å². The summed E-state index contributed by atoms with van der Waals surface area (Å²) in [5.74, 6) is 5.42. The van der Waals surface area contributed by atoms with Crippen LogP contribution in [0.4, 0.5) is 26.2 Å². The van der Waals surface area contributed by atoms with Gasteiger partial charge in [-0.1, -0.05) is 70.4 Å². The molecule has 0 bridgehead atoms. The Kier molecular flexibility index (Phi) is 26.9. The van der Waals surface area contributed by atoms with Crippen LogP contribution >= 0.6 is 68.0 Å². The van der Waals surface area contributed by atoms with Gasteiger partial charge in [0.25, 0.3) is 0 Å². The average molecular weight is 1870 g/mol.